The number of carbonyl (C=O) groups is 1. The van der Waals surface area contributed by atoms with E-state index in [1.807, 2.05) is 26.2 Å². The lowest BCUT2D eigenvalue weighted by atomic mass is 10.5. The summed E-state index contributed by atoms with van der Waals surface area (Å²) in [5.41, 5.74) is 0. The second-order valence-corrected chi connectivity index (χ2v) is 29.3. The second-order valence-electron chi connectivity index (χ2n) is 9.37. The molecular weight excluding hydrogens is 405 g/mol. The summed E-state index contributed by atoms with van der Waals surface area (Å²) < 4.78 is 25.4. The highest BCUT2D eigenvalue weighted by Crippen LogP contribution is 2.27. The van der Waals surface area contributed by atoms with Crippen LogP contribution in [0.3, 0.4) is 0 Å². The number of carboxylic acid groups (broad SMARTS) is 1. The maximum atomic E-state index is 10.8. The van der Waals surface area contributed by atoms with Crippen molar-refractivity contribution in [2.45, 2.75) is 84.5 Å². The van der Waals surface area contributed by atoms with Crippen LogP contribution in [0.15, 0.2) is 0 Å². The van der Waals surface area contributed by atoms with Crippen molar-refractivity contribution in [3.05, 3.63) is 0 Å². The first-order chi connectivity index (χ1) is 10.7. The highest BCUT2D eigenvalue weighted by molar-refractivity contribution is 6.90. The van der Waals surface area contributed by atoms with Gasteiger partial charge in [0.2, 0.25) is 0 Å². The van der Waals surface area contributed by atoms with Gasteiger partial charge in [0.05, 0.1) is 0 Å². The Morgan fingerprint density at radius 2 is 1.04 bits per heavy atom. The third-order valence-corrected chi connectivity index (χ3v) is 20.9. The molecule has 0 unspecified atom stereocenters. The third kappa shape index (κ3) is 13.2. The number of aliphatic carboxylic acids is 1. The highest BCUT2D eigenvalue weighted by Gasteiger charge is 2.45. The quantitative estimate of drug-likeness (QED) is 0.468. The van der Waals surface area contributed by atoms with Crippen LogP contribution in [0, 0.1) is 0 Å². The standard InChI is InChI=1S/C14H38O6Si5/c1-21(2,3)17-23(6,7)19-25(10,11)20-24(8,9)18-22(4,5)13-12-14(15)16/h12-13H2,1-11H3,(H,15,16). The zero-order valence-corrected chi connectivity index (χ0v) is 22.9. The molecule has 0 aliphatic heterocycles. The smallest absolute Gasteiger partial charge is 0.314 e. The van der Waals surface area contributed by atoms with Gasteiger partial charge in [-0.2, -0.15) is 0 Å². The summed E-state index contributed by atoms with van der Waals surface area (Å²) in [4.78, 5) is 10.8. The third-order valence-electron chi connectivity index (χ3n) is 3.00. The monoisotopic (exact) mass is 442 g/mol. The van der Waals surface area contributed by atoms with E-state index >= 15 is 0 Å². The maximum absolute atomic E-state index is 10.8. The lowest BCUT2D eigenvalue weighted by Crippen LogP contribution is -2.58. The highest BCUT2D eigenvalue weighted by atomic mass is 28.5. The van der Waals surface area contributed by atoms with E-state index in [1.165, 1.54) is 0 Å². The van der Waals surface area contributed by atoms with Crippen molar-refractivity contribution in [2.24, 2.45) is 0 Å². The van der Waals surface area contributed by atoms with Crippen molar-refractivity contribution in [3.8, 4) is 0 Å². The zero-order valence-electron chi connectivity index (χ0n) is 17.9. The fraction of sp³-hybridized carbons (Fsp3) is 0.929. The summed E-state index contributed by atoms with van der Waals surface area (Å²) in [6, 6.07) is 0.587. The maximum Gasteiger partial charge on any atom is 0.314 e. The molecule has 11 heteroatoms. The molecule has 0 aliphatic rings. The molecule has 0 rings (SSSR count). The van der Waals surface area contributed by atoms with Crippen LogP contribution in [0.2, 0.25) is 78.1 Å². The van der Waals surface area contributed by atoms with Gasteiger partial charge >= 0.3 is 31.7 Å². The molecule has 0 spiro atoms. The minimum atomic E-state index is -2.42. The van der Waals surface area contributed by atoms with Gasteiger partial charge in [-0.15, -0.1) is 0 Å². The molecule has 0 bridgehead atoms. The molecule has 0 aliphatic carbocycles. The molecule has 0 aromatic carbocycles. The van der Waals surface area contributed by atoms with Gasteiger partial charge in [0.25, 0.3) is 0 Å². The molecule has 0 fully saturated rings. The van der Waals surface area contributed by atoms with E-state index in [1.54, 1.807) is 0 Å². The van der Waals surface area contributed by atoms with E-state index in [4.69, 9.17) is 21.6 Å². The molecule has 0 aromatic heterocycles. The minimum absolute atomic E-state index is 0.144. The fourth-order valence-corrected chi connectivity index (χ4v) is 26.7. The van der Waals surface area contributed by atoms with Gasteiger partial charge < -0.3 is 21.6 Å². The van der Waals surface area contributed by atoms with E-state index in [9.17, 15) is 4.79 Å². The first-order valence-electron chi connectivity index (χ1n) is 8.77. The van der Waals surface area contributed by atoms with Crippen LogP contribution in [0.5, 0.6) is 0 Å². The normalized spacial score (nSPS) is 14.7. The lowest BCUT2D eigenvalue weighted by molar-refractivity contribution is -0.136. The molecule has 6 nitrogen and oxygen atoms in total. The molecule has 25 heavy (non-hydrogen) atoms. The van der Waals surface area contributed by atoms with E-state index in [0.29, 0.717) is 6.04 Å². The minimum Gasteiger partial charge on any atom is -0.481 e. The van der Waals surface area contributed by atoms with Gasteiger partial charge in [-0.25, -0.2) is 0 Å². The number of carboxylic acids is 1. The zero-order chi connectivity index (χ0) is 20.3. The molecule has 0 saturated carbocycles. The molecule has 150 valence electrons. The van der Waals surface area contributed by atoms with Gasteiger partial charge in [0, 0.05) is 6.42 Å². The van der Waals surface area contributed by atoms with Crippen LogP contribution in [0.1, 0.15) is 6.42 Å². The molecule has 0 atom stereocenters. The second kappa shape index (κ2) is 8.60. The predicted octanol–water partition coefficient (Wildman–Crippen LogP) is 4.67. The summed E-state index contributed by atoms with van der Waals surface area (Å²) in [6.45, 7) is 22.9. The lowest BCUT2D eigenvalue weighted by Gasteiger charge is -2.42. The Labute approximate surface area is 159 Å². The molecule has 0 saturated heterocycles. The summed E-state index contributed by atoms with van der Waals surface area (Å²) in [6.07, 6.45) is 0.144. The van der Waals surface area contributed by atoms with E-state index < -0.39 is 48.3 Å². The van der Waals surface area contributed by atoms with Gasteiger partial charge in [-0.05, 0) is 78.1 Å². The van der Waals surface area contributed by atoms with Crippen LogP contribution >= 0.6 is 0 Å². The van der Waals surface area contributed by atoms with Gasteiger partial charge in [-0.3, -0.25) is 4.79 Å². The molecular formula is C14H38O6Si5. The molecule has 1 N–H and O–H groups in total. The average Bonchev–Trinajstić information content (AvgIpc) is 2.16. The number of hydrogen-bond donors (Lipinski definition) is 1. The number of hydrogen-bond acceptors (Lipinski definition) is 5. The Kier molecular flexibility index (Phi) is 8.74. The topological polar surface area (TPSA) is 74.2 Å². The summed E-state index contributed by atoms with van der Waals surface area (Å²) in [5, 5.41) is 8.91. The van der Waals surface area contributed by atoms with E-state index in [-0.39, 0.29) is 6.42 Å². The Bertz CT molecular complexity index is 459. The van der Waals surface area contributed by atoms with Gasteiger partial charge in [0.1, 0.15) is 0 Å². The summed E-state index contributed by atoms with van der Waals surface area (Å²) >= 11 is 0. The van der Waals surface area contributed by atoms with Crippen LogP contribution < -0.4 is 0 Å². The van der Waals surface area contributed by atoms with E-state index in [2.05, 4.69) is 45.8 Å². The Hall–Kier alpha value is 0.394. The summed E-state index contributed by atoms with van der Waals surface area (Å²) in [7, 11) is -10.9. The fourth-order valence-electron chi connectivity index (χ4n) is 3.11. The SMILES string of the molecule is C[Si](C)(C)O[Si](C)(C)O[Si](C)(C)O[Si](C)(C)O[Si](C)(C)CCC(=O)O. The predicted molar refractivity (Wildman–Crippen MR) is 115 cm³/mol. The first-order valence-corrected chi connectivity index (χ1v) is 23.7. The van der Waals surface area contributed by atoms with E-state index in [0.717, 1.165) is 0 Å². The van der Waals surface area contributed by atoms with Crippen LogP contribution in [-0.4, -0.2) is 53.4 Å². The van der Waals surface area contributed by atoms with Crippen molar-refractivity contribution in [1.82, 2.24) is 0 Å². The number of rotatable bonds is 11. The summed E-state index contributed by atoms with van der Waals surface area (Å²) in [5.74, 6) is -0.779. The van der Waals surface area contributed by atoms with Crippen molar-refractivity contribution in [2.75, 3.05) is 0 Å². The van der Waals surface area contributed by atoms with Gasteiger partial charge in [0.15, 0.2) is 16.6 Å². The van der Waals surface area contributed by atoms with Crippen LogP contribution in [-0.2, 0) is 21.3 Å². The first kappa shape index (κ1) is 25.4. The van der Waals surface area contributed by atoms with Crippen molar-refractivity contribution in [3.63, 3.8) is 0 Å². The molecule has 0 heterocycles. The van der Waals surface area contributed by atoms with Crippen LogP contribution in [0.4, 0.5) is 0 Å². The average molecular weight is 443 g/mol. The van der Waals surface area contributed by atoms with Crippen molar-refractivity contribution >= 4 is 48.3 Å². The van der Waals surface area contributed by atoms with Gasteiger partial charge in [-0.1, -0.05) is 0 Å². The Morgan fingerprint density at radius 3 is 1.40 bits per heavy atom. The Morgan fingerprint density at radius 1 is 0.680 bits per heavy atom. The molecule has 0 amide bonds. The molecule has 0 radical (unpaired) electrons. The Balaban J connectivity index is 4.92. The molecule has 0 aromatic rings. The van der Waals surface area contributed by atoms with Crippen molar-refractivity contribution < 1.29 is 26.4 Å². The largest absolute Gasteiger partial charge is 0.481 e. The van der Waals surface area contributed by atoms with Crippen molar-refractivity contribution in [1.29, 1.82) is 0 Å². The van der Waals surface area contributed by atoms with Crippen LogP contribution in [0.25, 0.3) is 0 Å².